The van der Waals surface area contributed by atoms with Crippen LogP contribution in [-0.2, 0) is 0 Å². The predicted molar refractivity (Wildman–Crippen MR) is 91.3 cm³/mol. The van der Waals surface area contributed by atoms with E-state index in [-0.39, 0.29) is 0 Å². The van der Waals surface area contributed by atoms with Crippen molar-refractivity contribution in [1.82, 2.24) is 0 Å². The van der Waals surface area contributed by atoms with Gasteiger partial charge in [-0.05, 0) is 46.1 Å². The highest BCUT2D eigenvalue weighted by molar-refractivity contribution is 7.60. The molecule has 0 bridgehead atoms. The molecule has 0 saturated heterocycles. The summed E-state index contributed by atoms with van der Waals surface area (Å²) >= 11 is 4.15. The highest BCUT2D eigenvalue weighted by atomic mass is 32.1. The molecule has 0 spiro atoms. The van der Waals surface area contributed by atoms with Gasteiger partial charge < -0.3 is 0 Å². The second-order valence-electron chi connectivity index (χ2n) is 6.45. The molecule has 0 atom stereocenters. The average Bonchev–Trinajstić information content (AvgIpc) is 2.80. The summed E-state index contributed by atoms with van der Waals surface area (Å²) in [6.07, 6.45) is 0. The van der Waals surface area contributed by atoms with Crippen molar-refractivity contribution in [2.45, 2.75) is 40.0 Å². The van der Waals surface area contributed by atoms with E-state index in [9.17, 15) is 0 Å². The molecule has 2 aromatic heterocycles. The Kier molecular flexibility index (Phi) is 2.63. The highest BCUT2D eigenvalue weighted by Crippen LogP contribution is 2.38. The lowest BCUT2D eigenvalue weighted by Gasteiger charge is -2.41. The van der Waals surface area contributed by atoms with Gasteiger partial charge in [0.05, 0.1) is 15.2 Å². The molecular formula is C14H20S2Si2. The summed E-state index contributed by atoms with van der Waals surface area (Å²) in [6.45, 7) is 14.9. The third-order valence-electron chi connectivity index (χ3n) is 4.70. The number of rotatable bonds is 0. The van der Waals surface area contributed by atoms with Crippen LogP contribution >= 0.6 is 22.7 Å². The van der Waals surface area contributed by atoms with Crippen LogP contribution in [0.4, 0.5) is 0 Å². The molecule has 3 heterocycles. The van der Waals surface area contributed by atoms with Gasteiger partial charge in [0.2, 0.25) is 0 Å². The molecule has 0 saturated carbocycles. The van der Waals surface area contributed by atoms with E-state index in [4.69, 9.17) is 0 Å². The van der Waals surface area contributed by atoms with Crippen LogP contribution in [0, 0.1) is 13.8 Å². The fourth-order valence-electron chi connectivity index (χ4n) is 2.92. The molecule has 0 radical (unpaired) electrons. The third-order valence-corrected chi connectivity index (χ3v) is 28.0. The van der Waals surface area contributed by atoms with Crippen LogP contribution in [0.1, 0.15) is 9.75 Å². The minimum Gasteiger partial charge on any atom is -0.150 e. The summed E-state index contributed by atoms with van der Waals surface area (Å²) in [5, 5.41) is 0. The summed E-state index contributed by atoms with van der Waals surface area (Å²) in [7, 11) is -2.58. The second-order valence-corrected chi connectivity index (χ2v) is 24.7. The fraction of sp³-hybridized carbons (Fsp3) is 0.429. The van der Waals surface area contributed by atoms with Crippen molar-refractivity contribution in [3.63, 3.8) is 0 Å². The largest absolute Gasteiger partial charge is 0.150 e. The average molecular weight is 309 g/mol. The van der Waals surface area contributed by atoms with Crippen molar-refractivity contribution in [1.29, 1.82) is 0 Å². The van der Waals surface area contributed by atoms with Crippen molar-refractivity contribution in [2.24, 2.45) is 0 Å². The molecule has 0 N–H and O–H groups in total. The molecule has 4 heteroatoms. The third kappa shape index (κ3) is 1.46. The molecule has 1 aliphatic rings. The van der Waals surface area contributed by atoms with Crippen molar-refractivity contribution >= 4 is 46.9 Å². The van der Waals surface area contributed by atoms with Gasteiger partial charge in [-0.15, -0.1) is 0 Å². The Labute approximate surface area is 120 Å². The Morgan fingerprint density at radius 2 is 1.06 bits per heavy atom. The SMILES string of the molecule is Cc1cc2c(s1)[Si](C)(C)[Si](C)(C)c1sc(C)cc1-2. The molecule has 3 rings (SSSR count). The number of fused-ring (bicyclic) bond motifs is 3. The molecule has 0 aliphatic carbocycles. The van der Waals surface area contributed by atoms with E-state index in [1.807, 2.05) is 0 Å². The van der Waals surface area contributed by atoms with Gasteiger partial charge >= 0.3 is 0 Å². The van der Waals surface area contributed by atoms with Gasteiger partial charge in [0.15, 0.2) is 0 Å². The van der Waals surface area contributed by atoms with Crippen molar-refractivity contribution in [2.75, 3.05) is 0 Å². The maximum atomic E-state index is 2.60. The quantitative estimate of drug-likeness (QED) is 0.645. The minimum atomic E-state index is -1.29. The summed E-state index contributed by atoms with van der Waals surface area (Å²) < 4.78 is 3.53. The molecule has 0 fully saturated rings. The van der Waals surface area contributed by atoms with E-state index in [2.05, 4.69) is 74.8 Å². The number of hydrogen-bond acceptors (Lipinski definition) is 2. The summed E-state index contributed by atoms with van der Waals surface area (Å²) in [6, 6.07) is 4.87. The van der Waals surface area contributed by atoms with Crippen LogP contribution in [0.15, 0.2) is 12.1 Å². The van der Waals surface area contributed by atoms with Gasteiger partial charge in [0.25, 0.3) is 0 Å². The Bertz CT molecular complexity index is 576. The van der Waals surface area contributed by atoms with Crippen LogP contribution in [0.3, 0.4) is 0 Å². The van der Waals surface area contributed by atoms with Gasteiger partial charge in [-0.25, -0.2) is 0 Å². The van der Waals surface area contributed by atoms with Crippen LogP contribution < -0.4 is 9.00 Å². The Hall–Kier alpha value is -0.166. The van der Waals surface area contributed by atoms with E-state index >= 15 is 0 Å². The highest BCUT2D eigenvalue weighted by Gasteiger charge is 2.51. The van der Waals surface area contributed by atoms with Crippen molar-refractivity contribution < 1.29 is 0 Å². The lowest BCUT2D eigenvalue weighted by atomic mass is 10.2. The molecule has 96 valence electrons. The Morgan fingerprint density at radius 3 is 1.39 bits per heavy atom. The van der Waals surface area contributed by atoms with Gasteiger partial charge in [-0.3, -0.25) is 0 Å². The van der Waals surface area contributed by atoms with E-state index in [1.54, 1.807) is 20.1 Å². The van der Waals surface area contributed by atoms with E-state index in [0.717, 1.165) is 0 Å². The predicted octanol–water partition coefficient (Wildman–Crippen LogP) is 4.02. The van der Waals surface area contributed by atoms with Gasteiger partial charge in [-0.2, -0.15) is 22.7 Å². The Morgan fingerprint density at radius 1 is 0.722 bits per heavy atom. The lowest BCUT2D eigenvalue weighted by Crippen LogP contribution is -2.70. The number of hydrogen-bond donors (Lipinski definition) is 0. The van der Waals surface area contributed by atoms with Crippen LogP contribution in [0.2, 0.25) is 26.2 Å². The molecule has 0 nitrogen and oxygen atoms in total. The first-order valence-corrected chi connectivity index (χ1v) is 15.1. The van der Waals surface area contributed by atoms with Crippen LogP contribution in [0.25, 0.3) is 11.1 Å². The van der Waals surface area contributed by atoms with Gasteiger partial charge in [-0.1, -0.05) is 26.2 Å². The molecule has 0 aromatic carbocycles. The summed E-state index contributed by atoms with van der Waals surface area (Å²) in [5.41, 5.74) is 3.17. The van der Waals surface area contributed by atoms with E-state index < -0.39 is 15.2 Å². The van der Waals surface area contributed by atoms with Gasteiger partial charge in [0.1, 0.15) is 0 Å². The number of aryl methyl sites for hydroxylation is 2. The van der Waals surface area contributed by atoms with Crippen molar-refractivity contribution in [3.05, 3.63) is 21.9 Å². The molecular weight excluding hydrogens is 288 g/mol. The van der Waals surface area contributed by atoms with Crippen LogP contribution in [-0.4, -0.2) is 15.2 Å². The monoisotopic (exact) mass is 308 g/mol. The zero-order valence-electron chi connectivity index (χ0n) is 12.0. The topological polar surface area (TPSA) is 0 Å². The first-order chi connectivity index (χ1) is 8.25. The smallest absolute Gasteiger partial charge is 0.0936 e. The molecule has 2 aromatic rings. The lowest BCUT2D eigenvalue weighted by molar-refractivity contribution is 1.61. The first-order valence-electron chi connectivity index (χ1n) is 6.47. The molecule has 0 unspecified atom stereocenters. The van der Waals surface area contributed by atoms with Gasteiger partial charge in [0, 0.05) is 9.75 Å². The van der Waals surface area contributed by atoms with Crippen molar-refractivity contribution in [3.8, 4) is 11.1 Å². The maximum absolute atomic E-state index is 2.60. The zero-order valence-corrected chi connectivity index (χ0v) is 15.6. The fourth-order valence-corrected chi connectivity index (χ4v) is 20.1. The molecule has 18 heavy (non-hydrogen) atoms. The normalized spacial score (nSPS) is 19.4. The minimum absolute atomic E-state index is 1.29. The standard InChI is InChI=1S/C14H20S2Si2/c1-9-7-11-12-8-10(2)16-14(12)18(5,6)17(3,4)13(11)15-9/h7-8H,1-6H3. The molecule has 1 aliphatic heterocycles. The van der Waals surface area contributed by atoms with E-state index in [1.165, 1.54) is 9.75 Å². The molecule has 0 amide bonds. The van der Waals surface area contributed by atoms with Crippen LogP contribution in [0.5, 0.6) is 0 Å². The summed E-state index contributed by atoms with van der Waals surface area (Å²) in [4.78, 5) is 2.98. The second kappa shape index (κ2) is 3.69. The summed E-state index contributed by atoms with van der Waals surface area (Å²) in [5.74, 6) is 0. The maximum Gasteiger partial charge on any atom is 0.0936 e. The zero-order chi connectivity index (χ0) is 13.3. The Balaban J connectivity index is 2.42. The number of thiophene rings is 2. The van der Waals surface area contributed by atoms with E-state index in [0.29, 0.717) is 0 Å². The first kappa shape index (κ1) is 12.8.